The number of carbonyl (C=O) groups excluding carboxylic acids is 1. The predicted octanol–water partition coefficient (Wildman–Crippen LogP) is 5.60. The average Bonchev–Trinajstić information content (AvgIpc) is 3.38. The first-order chi connectivity index (χ1) is 15.2. The van der Waals surface area contributed by atoms with Gasteiger partial charge in [0.15, 0.2) is 0 Å². The topological polar surface area (TPSA) is 38.1 Å². The smallest absolute Gasteiger partial charge is 0.225 e. The van der Waals surface area contributed by atoms with Crippen molar-refractivity contribution in [3.8, 4) is 11.4 Å². The molecule has 1 amide bonds. The Morgan fingerprint density at radius 3 is 2.65 bits per heavy atom. The fourth-order valence-corrected chi connectivity index (χ4v) is 5.60. The van der Waals surface area contributed by atoms with E-state index in [0.717, 1.165) is 43.7 Å². The Hall–Kier alpha value is -2.62. The van der Waals surface area contributed by atoms with E-state index in [9.17, 15) is 4.79 Å². The van der Waals surface area contributed by atoms with Gasteiger partial charge in [0, 0.05) is 31.6 Å². The van der Waals surface area contributed by atoms with Gasteiger partial charge < -0.3 is 9.47 Å². The lowest BCUT2D eigenvalue weighted by atomic mass is 9.91. The summed E-state index contributed by atoms with van der Waals surface area (Å²) in [7, 11) is 2.10. The molecule has 1 aliphatic carbocycles. The number of carbonyl (C=O) groups is 1. The lowest BCUT2D eigenvalue weighted by Crippen LogP contribution is -2.33. The van der Waals surface area contributed by atoms with Gasteiger partial charge in [-0.05, 0) is 68.2 Å². The number of likely N-dealkylation sites (tertiary alicyclic amines) is 1. The van der Waals surface area contributed by atoms with Crippen LogP contribution < -0.4 is 0 Å². The number of hydrogen-bond donors (Lipinski definition) is 0. The van der Waals surface area contributed by atoms with Crippen LogP contribution in [-0.4, -0.2) is 33.4 Å². The molecule has 2 aliphatic rings. The Kier molecular flexibility index (Phi) is 5.80. The number of rotatable bonds is 4. The van der Waals surface area contributed by atoms with E-state index in [0.29, 0.717) is 11.8 Å². The summed E-state index contributed by atoms with van der Waals surface area (Å²) in [6, 6.07) is 17.2. The summed E-state index contributed by atoms with van der Waals surface area (Å²) in [5.74, 6) is 2.39. The van der Waals surface area contributed by atoms with Crippen LogP contribution >= 0.6 is 0 Å². The second-order valence-electron chi connectivity index (χ2n) is 9.49. The van der Waals surface area contributed by atoms with Crippen molar-refractivity contribution in [1.82, 2.24) is 14.5 Å². The third-order valence-corrected chi connectivity index (χ3v) is 7.35. The molecule has 1 aliphatic heterocycles. The lowest BCUT2D eigenvalue weighted by Gasteiger charge is -2.22. The molecule has 1 saturated carbocycles. The minimum absolute atomic E-state index is 0.259. The number of amides is 1. The van der Waals surface area contributed by atoms with E-state index in [-0.39, 0.29) is 5.92 Å². The van der Waals surface area contributed by atoms with Gasteiger partial charge in [-0.2, -0.15) is 0 Å². The molecule has 2 fully saturated rings. The Morgan fingerprint density at radius 1 is 0.968 bits per heavy atom. The maximum Gasteiger partial charge on any atom is 0.225 e. The lowest BCUT2D eigenvalue weighted by molar-refractivity contribution is -0.134. The van der Waals surface area contributed by atoms with Crippen molar-refractivity contribution in [3.05, 3.63) is 54.1 Å². The number of nitrogens with zero attached hydrogens (tertiary/aromatic N) is 3. The van der Waals surface area contributed by atoms with Crippen LogP contribution in [0.3, 0.4) is 0 Å². The largest absolute Gasteiger partial charge is 0.342 e. The molecule has 2 atom stereocenters. The van der Waals surface area contributed by atoms with Gasteiger partial charge in [0.25, 0.3) is 0 Å². The standard InChI is InChI=1S/C27H33N3O/c1-29-25-13-3-2-12-24(25)28-26(29)23-11-7-9-21(19-23)18-20-8-6-10-22(15-14-20)27(31)30-16-4-5-17-30/h2-3,7,9,11-13,19-20,22H,4-6,8,10,14-18H2,1H3. The molecule has 0 bridgehead atoms. The number of fused-ring (bicyclic) bond motifs is 1. The Bertz CT molecular complexity index is 1060. The van der Waals surface area contributed by atoms with E-state index >= 15 is 0 Å². The molecule has 31 heavy (non-hydrogen) atoms. The SMILES string of the molecule is Cn1c(-c2cccc(CC3CCCC(C(=O)N4CCCC4)CC3)c2)nc2ccccc21. The molecule has 2 aromatic carbocycles. The minimum atomic E-state index is 0.259. The molecule has 0 N–H and O–H groups in total. The van der Waals surface area contributed by atoms with Crippen LogP contribution in [0.4, 0.5) is 0 Å². The summed E-state index contributed by atoms with van der Waals surface area (Å²) in [5, 5.41) is 0. The molecule has 0 spiro atoms. The normalized spacial score (nSPS) is 22.0. The van der Waals surface area contributed by atoms with Crippen LogP contribution in [0.2, 0.25) is 0 Å². The van der Waals surface area contributed by atoms with Crippen LogP contribution in [0, 0.1) is 11.8 Å². The fraction of sp³-hybridized carbons (Fsp3) is 0.481. The molecule has 4 heteroatoms. The van der Waals surface area contributed by atoms with E-state index in [1.807, 2.05) is 6.07 Å². The number of aromatic nitrogens is 2. The monoisotopic (exact) mass is 415 g/mol. The summed E-state index contributed by atoms with van der Waals surface area (Å²) >= 11 is 0. The fourth-order valence-electron chi connectivity index (χ4n) is 5.60. The molecular weight excluding hydrogens is 382 g/mol. The third kappa shape index (κ3) is 4.26. The molecule has 1 aromatic heterocycles. The first-order valence-corrected chi connectivity index (χ1v) is 12.0. The molecular formula is C27H33N3O. The van der Waals surface area contributed by atoms with Gasteiger partial charge in [-0.15, -0.1) is 0 Å². The van der Waals surface area contributed by atoms with Crippen molar-refractivity contribution in [2.24, 2.45) is 18.9 Å². The summed E-state index contributed by atoms with van der Waals surface area (Å²) in [4.78, 5) is 19.8. The molecule has 4 nitrogen and oxygen atoms in total. The third-order valence-electron chi connectivity index (χ3n) is 7.35. The van der Waals surface area contributed by atoms with Crippen LogP contribution in [0.5, 0.6) is 0 Å². The zero-order valence-corrected chi connectivity index (χ0v) is 18.6. The van der Waals surface area contributed by atoms with Gasteiger partial charge in [-0.25, -0.2) is 4.98 Å². The number of aryl methyl sites for hydroxylation is 1. The molecule has 1 saturated heterocycles. The van der Waals surface area contributed by atoms with Gasteiger partial charge in [-0.1, -0.05) is 43.2 Å². The van der Waals surface area contributed by atoms with Crippen LogP contribution in [-0.2, 0) is 18.3 Å². The van der Waals surface area contributed by atoms with Crippen molar-refractivity contribution >= 4 is 16.9 Å². The van der Waals surface area contributed by atoms with Crippen LogP contribution in [0.1, 0.15) is 50.5 Å². The van der Waals surface area contributed by atoms with E-state index < -0.39 is 0 Å². The summed E-state index contributed by atoms with van der Waals surface area (Å²) in [6.45, 7) is 1.96. The van der Waals surface area contributed by atoms with E-state index in [1.54, 1.807) is 0 Å². The molecule has 0 radical (unpaired) electrons. The Balaban J connectivity index is 1.27. The van der Waals surface area contributed by atoms with Crippen molar-refractivity contribution in [2.75, 3.05) is 13.1 Å². The molecule has 2 unspecified atom stereocenters. The Labute approximate surface area is 185 Å². The van der Waals surface area contributed by atoms with Gasteiger partial charge >= 0.3 is 0 Å². The van der Waals surface area contributed by atoms with E-state index in [1.165, 1.54) is 48.7 Å². The first kappa shape index (κ1) is 20.3. The van der Waals surface area contributed by atoms with Crippen LogP contribution in [0.15, 0.2) is 48.5 Å². The second kappa shape index (κ2) is 8.86. The van der Waals surface area contributed by atoms with Gasteiger partial charge in [0.2, 0.25) is 5.91 Å². The van der Waals surface area contributed by atoms with E-state index in [4.69, 9.17) is 4.98 Å². The second-order valence-corrected chi connectivity index (χ2v) is 9.49. The quantitative estimate of drug-likeness (QED) is 0.520. The number of hydrogen-bond acceptors (Lipinski definition) is 2. The maximum atomic E-state index is 12.8. The zero-order chi connectivity index (χ0) is 21.2. The maximum absolute atomic E-state index is 12.8. The van der Waals surface area contributed by atoms with Gasteiger partial charge in [0.1, 0.15) is 5.82 Å². The highest BCUT2D eigenvalue weighted by atomic mass is 16.2. The van der Waals surface area contributed by atoms with Crippen molar-refractivity contribution < 1.29 is 4.79 Å². The molecule has 2 heterocycles. The Morgan fingerprint density at radius 2 is 1.81 bits per heavy atom. The molecule has 3 aromatic rings. The molecule has 162 valence electrons. The van der Waals surface area contributed by atoms with Crippen LogP contribution in [0.25, 0.3) is 22.4 Å². The number of imidazole rings is 1. The first-order valence-electron chi connectivity index (χ1n) is 12.0. The van der Waals surface area contributed by atoms with Gasteiger partial charge in [-0.3, -0.25) is 4.79 Å². The number of benzene rings is 2. The summed E-state index contributed by atoms with van der Waals surface area (Å²) in [5.41, 5.74) is 4.79. The predicted molar refractivity (Wildman–Crippen MR) is 126 cm³/mol. The highest BCUT2D eigenvalue weighted by Gasteiger charge is 2.29. The van der Waals surface area contributed by atoms with Gasteiger partial charge in [0.05, 0.1) is 11.0 Å². The zero-order valence-electron chi connectivity index (χ0n) is 18.6. The average molecular weight is 416 g/mol. The highest BCUT2D eigenvalue weighted by molar-refractivity contribution is 5.80. The van der Waals surface area contributed by atoms with Crippen molar-refractivity contribution in [2.45, 2.75) is 51.4 Å². The van der Waals surface area contributed by atoms with E-state index in [2.05, 4.69) is 59.0 Å². The number of para-hydroxylation sites is 2. The van der Waals surface area contributed by atoms with Crippen molar-refractivity contribution in [3.63, 3.8) is 0 Å². The summed E-state index contributed by atoms with van der Waals surface area (Å²) in [6.07, 6.45) is 9.19. The molecule has 5 rings (SSSR count). The minimum Gasteiger partial charge on any atom is -0.342 e. The summed E-state index contributed by atoms with van der Waals surface area (Å²) < 4.78 is 2.19. The van der Waals surface area contributed by atoms with Crippen molar-refractivity contribution in [1.29, 1.82) is 0 Å². The highest BCUT2D eigenvalue weighted by Crippen LogP contribution is 2.32.